The van der Waals surface area contributed by atoms with Crippen LogP contribution in [0.3, 0.4) is 0 Å². The number of esters is 1. The fourth-order valence-corrected chi connectivity index (χ4v) is 4.64. The second-order valence-corrected chi connectivity index (χ2v) is 7.97. The predicted molar refractivity (Wildman–Crippen MR) is 94.4 cm³/mol. The zero-order valence-electron chi connectivity index (χ0n) is 12.8. The third-order valence-electron chi connectivity index (χ3n) is 4.31. The Morgan fingerprint density at radius 3 is 2.75 bits per heavy atom. The molecule has 0 bridgehead atoms. The summed E-state index contributed by atoms with van der Waals surface area (Å²) in [5.41, 5.74) is 4.62. The fraction of sp³-hybridized carbons (Fsp3) is 0.438. The summed E-state index contributed by atoms with van der Waals surface area (Å²) >= 11 is 5.15. The zero-order valence-corrected chi connectivity index (χ0v) is 15.2. The first-order chi connectivity index (χ1) is 11.4. The third-order valence-corrected chi connectivity index (χ3v) is 6.02. The number of fused-ring (bicyclic) bond motifs is 1. The molecule has 0 spiro atoms. The molecule has 1 atom stereocenters. The molecule has 0 saturated carbocycles. The lowest BCUT2D eigenvalue weighted by Crippen LogP contribution is -2.44. The molecule has 24 heavy (non-hydrogen) atoms. The molecule has 6 nitrogen and oxygen atoms in total. The van der Waals surface area contributed by atoms with Crippen molar-refractivity contribution in [1.29, 1.82) is 0 Å². The SMILES string of the molecule is NC(=O)CC1(OC(=O)C2CCSCC2)C(=O)Nc2c(Br)cccc21. The van der Waals surface area contributed by atoms with E-state index in [0.29, 0.717) is 28.6 Å². The van der Waals surface area contributed by atoms with Crippen LogP contribution in [0.15, 0.2) is 22.7 Å². The van der Waals surface area contributed by atoms with Gasteiger partial charge in [-0.3, -0.25) is 14.4 Å². The Hall–Kier alpha value is -1.54. The van der Waals surface area contributed by atoms with Crippen molar-refractivity contribution < 1.29 is 19.1 Å². The number of thioether (sulfide) groups is 1. The quantitative estimate of drug-likeness (QED) is 0.738. The summed E-state index contributed by atoms with van der Waals surface area (Å²) in [6.07, 6.45) is 1.04. The molecule has 1 saturated heterocycles. The second kappa shape index (κ2) is 6.76. The van der Waals surface area contributed by atoms with Crippen LogP contribution in [0.5, 0.6) is 0 Å². The fourth-order valence-electron chi connectivity index (χ4n) is 3.07. The Balaban J connectivity index is 1.97. The number of ether oxygens (including phenoxy) is 1. The van der Waals surface area contributed by atoms with Crippen molar-refractivity contribution in [2.45, 2.75) is 24.9 Å². The number of amides is 2. The minimum Gasteiger partial charge on any atom is -0.443 e. The van der Waals surface area contributed by atoms with Crippen molar-refractivity contribution in [2.75, 3.05) is 16.8 Å². The van der Waals surface area contributed by atoms with Crippen molar-refractivity contribution in [2.24, 2.45) is 11.7 Å². The molecular weight excluding hydrogens is 396 g/mol. The first kappa shape index (κ1) is 17.3. The van der Waals surface area contributed by atoms with Gasteiger partial charge in [-0.1, -0.05) is 12.1 Å². The predicted octanol–water partition coefficient (Wildman–Crippen LogP) is 2.16. The molecule has 2 heterocycles. The molecule has 0 aromatic heterocycles. The first-order valence-corrected chi connectivity index (χ1v) is 9.58. The van der Waals surface area contributed by atoms with Gasteiger partial charge in [-0.15, -0.1) is 0 Å². The minimum atomic E-state index is -1.69. The Morgan fingerprint density at radius 1 is 1.38 bits per heavy atom. The Morgan fingerprint density at radius 2 is 2.08 bits per heavy atom. The van der Waals surface area contributed by atoms with Crippen LogP contribution >= 0.6 is 27.7 Å². The second-order valence-electron chi connectivity index (χ2n) is 5.89. The number of halogens is 1. The number of carbonyl (C=O) groups excluding carboxylic acids is 3. The van der Waals surface area contributed by atoms with Crippen LogP contribution in [-0.2, 0) is 24.7 Å². The van der Waals surface area contributed by atoms with E-state index in [1.807, 2.05) is 0 Å². The summed E-state index contributed by atoms with van der Waals surface area (Å²) in [5, 5.41) is 2.70. The summed E-state index contributed by atoms with van der Waals surface area (Å²) in [5.74, 6) is -0.167. The molecule has 8 heteroatoms. The van der Waals surface area contributed by atoms with Gasteiger partial charge < -0.3 is 15.8 Å². The standard InChI is InChI=1S/C16H17BrN2O4S/c17-11-3-1-2-10-13(11)19-15(22)16(10,8-12(18)20)23-14(21)9-4-6-24-7-5-9/h1-3,9H,4-8H2,(H2,18,20)(H,19,22). The van der Waals surface area contributed by atoms with E-state index >= 15 is 0 Å². The topological polar surface area (TPSA) is 98.5 Å². The molecule has 2 aliphatic rings. The van der Waals surface area contributed by atoms with Crippen LogP contribution in [0.1, 0.15) is 24.8 Å². The number of nitrogens with one attached hydrogen (secondary N) is 1. The number of hydrogen-bond donors (Lipinski definition) is 2. The molecule has 2 aliphatic heterocycles. The Bertz CT molecular complexity index is 705. The molecule has 2 amide bonds. The highest BCUT2D eigenvalue weighted by atomic mass is 79.9. The van der Waals surface area contributed by atoms with Crippen LogP contribution in [0.4, 0.5) is 5.69 Å². The summed E-state index contributed by atoms with van der Waals surface area (Å²) in [6, 6.07) is 5.16. The first-order valence-electron chi connectivity index (χ1n) is 7.63. The van der Waals surface area contributed by atoms with E-state index in [1.54, 1.807) is 30.0 Å². The maximum absolute atomic E-state index is 12.6. The largest absolute Gasteiger partial charge is 0.443 e. The number of rotatable bonds is 4. The number of carbonyl (C=O) groups is 3. The lowest BCUT2D eigenvalue weighted by Gasteiger charge is -2.29. The van der Waals surface area contributed by atoms with Gasteiger partial charge in [0, 0.05) is 10.0 Å². The molecule has 1 fully saturated rings. The molecule has 1 unspecified atom stereocenters. The molecule has 1 aromatic rings. The molecule has 128 valence electrons. The van der Waals surface area contributed by atoms with Crippen LogP contribution in [0.2, 0.25) is 0 Å². The van der Waals surface area contributed by atoms with E-state index in [4.69, 9.17) is 10.5 Å². The number of nitrogens with two attached hydrogens (primary N) is 1. The molecule has 1 aromatic carbocycles. The van der Waals surface area contributed by atoms with Crippen LogP contribution < -0.4 is 11.1 Å². The van der Waals surface area contributed by atoms with E-state index in [9.17, 15) is 14.4 Å². The van der Waals surface area contributed by atoms with E-state index < -0.39 is 23.4 Å². The average Bonchev–Trinajstić information content (AvgIpc) is 2.82. The zero-order chi connectivity index (χ0) is 17.3. The number of hydrogen-bond acceptors (Lipinski definition) is 5. The van der Waals surface area contributed by atoms with Crippen molar-refractivity contribution in [3.63, 3.8) is 0 Å². The maximum Gasteiger partial charge on any atom is 0.310 e. The van der Waals surface area contributed by atoms with Crippen LogP contribution in [0.25, 0.3) is 0 Å². The van der Waals surface area contributed by atoms with Crippen molar-refractivity contribution in [3.05, 3.63) is 28.2 Å². The normalized spacial score (nSPS) is 23.5. The molecular formula is C16H17BrN2O4S. The van der Waals surface area contributed by atoms with E-state index in [1.165, 1.54) is 0 Å². The van der Waals surface area contributed by atoms with Crippen molar-refractivity contribution in [1.82, 2.24) is 0 Å². The van der Waals surface area contributed by atoms with Crippen LogP contribution in [-0.4, -0.2) is 29.3 Å². The van der Waals surface area contributed by atoms with E-state index in [0.717, 1.165) is 11.5 Å². The van der Waals surface area contributed by atoms with Gasteiger partial charge in [0.2, 0.25) is 11.5 Å². The van der Waals surface area contributed by atoms with Gasteiger partial charge >= 0.3 is 5.97 Å². The van der Waals surface area contributed by atoms with E-state index in [2.05, 4.69) is 21.2 Å². The smallest absolute Gasteiger partial charge is 0.310 e. The van der Waals surface area contributed by atoms with Gasteiger partial charge in [-0.25, -0.2) is 0 Å². The highest BCUT2D eigenvalue weighted by molar-refractivity contribution is 9.10. The molecule has 0 aliphatic carbocycles. The number of anilines is 1. The van der Waals surface area contributed by atoms with Gasteiger partial charge in [0.15, 0.2) is 0 Å². The average molecular weight is 413 g/mol. The molecule has 3 rings (SSSR count). The monoisotopic (exact) mass is 412 g/mol. The Kier molecular flexibility index (Phi) is 4.87. The van der Waals surface area contributed by atoms with E-state index in [-0.39, 0.29) is 12.3 Å². The highest BCUT2D eigenvalue weighted by Gasteiger charge is 2.52. The van der Waals surface area contributed by atoms with Gasteiger partial charge in [0.05, 0.1) is 18.0 Å². The van der Waals surface area contributed by atoms with Gasteiger partial charge in [-0.05, 0) is 46.3 Å². The van der Waals surface area contributed by atoms with Crippen molar-refractivity contribution >= 4 is 51.2 Å². The van der Waals surface area contributed by atoms with Gasteiger partial charge in [0.1, 0.15) is 0 Å². The number of para-hydroxylation sites is 1. The summed E-state index contributed by atoms with van der Waals surface area (Å²) in [4.78, 5) is 36.8. The lowest BCUT2D eigenvalue weighted by molar-refractivity contribution is -0.173. The van der Waals surface area contributed by atoms with Crippen LogP contribution in [0, 0.1) is 5.92 Å². The summed E-state index contributed by atoms with van der Waals surface area (Å²) in [6.45, 7) is 0. The van der Waals surface area contributed by atoms with Gasteiger partial charge in [0.25, 0.3) is 5.91 Å². The molecule has 0 radical (unpaired) electrons. The lowest BCUT2D eigenvalue weighted by atomic mass is 9.90. The summed E-state index contributed by atoms with van der Waals surface area (Å²) in [7, 11) is 0. The third kappa shape index (κ3) is 3.04. The minimum absolute atomic E-state index is 0.250. The summed E-state index contributed by atoms with van der Waals surface area (Å²) < 4.78 is 6.32. The number of primary amides is 1. The Labute approximate surface area is 152 Å². The maximum atomic E-state index is 12.6. The van der Waals surface area contributed by atoms with Crippen molar-refractivity contribution in [3.8, 4) is 0 Å². The molecule has 3 N–H and O–H groups in total. The highest BCUT2D eigenvalue weighted by Crippen LogP contribution is 2.45. The van der Waals surface area contributed by atoms with Gasteiger partial charge in [-0.2, -0.15) is 11.8 Å². The number of benzene rings is 1.